The van der Waals surface area contributed by atoms with Gasteiger partial charge in [-0.05, 0) is 25.2 Å². The third-order valence-electron chi connectivity index (χ3n) is 2.64. The zero-order chi connectivity index (χ0) is 10.9. The summed E-state index contributed by atoms with van der Waals surface area (Å²) in [4.78, 5) is 12.2. The van der Waals surface area contributed by atoms with E-state index >= 15 is 0 Å². The number of allylic oxidation sites excluding steroid dienone is 2. The fourth-order valence-corrected chi connectivity index (χ4v) is 4.39. The van der Waals surface area contributed by atoms with Crippen LogP contribution in [0.4, 0.5) is 0 Å². The molecule has 1 fully saturated rings. The Morgan fingerprint density at radius 1 is 1.67 bits per heavy atom. The number of ether oxygens (including phenoxy) is 1. The van der Waals surface area contributed by atoms with Crippen LogP contribution in [0, 0.1) is 0 Å². The van der Waals surface area contributed by atoms with Gasteiger partial charge in [-0.15, -0.1) is 0 Å². The first-order valence-electron chi connectivity index (χ1n) is 5.24. The first kappa shape index (κ1) is 10.8. The average molecular weight is 228 g/mol. The topological polar surface area (TPSA) is 46.5 Å². The van der Waals surface area contributed by atoms with E-state index in [4.69, 9.17) is 4.74 Å². The molecule has 84 valence electrons. The molecule has 0 saturated heterocycles. The number of hydrogen-bond donors (Lipinski definition) is 1. The fourth-order valence-electron chi connectivity index (χ4n) is 1.74. The van der Waals surface area contributed by atoms with Gasteiger partial charge >= 0.3 is 5.97 Å². The molecule has 4 heteroatoms. The molecule has 0 radical (unpaired) electrons. The third kappa shape index (κ3) is 2.11. The highest BCUT2D eigenvalue weighted by Crippen LogP contribution is 2.67. The van der Waals surface area contributed by atoms with Crippen LogP contribution >= 0.6 is 10.3 Å². The molecule has 0 amide bonds. The Hall–Kier alpha value is -0.740. The van der Waals surface area contributed by atoms with Gasteiger partial charge in [0.05, 0.1) is 13.0 Å². The van der Waals surface area contributed by atoms with E-state index in [1.807, 2.05) is 17.6 Å². The third-order valence-corrected chi connectivity index (χ3v) is 5.82. The smallest absolute Gasteiger partial charge is 0.310 e. The second-order valence-electron chi connectivity index (χ2n) is 3.82. The second kappa shape index (κ2) is 4.02. The maximum Gasteiger partial charge on any atom is 0.310 e. The molecule has 0 aromatic carbocycles. The molecule has 2 aliphatic rings. The molecule has 1 unspecified atom stereocenters. The number of hydrogen-bond acceptors (Lipinski definition) is 3. The van der Waals surface area contributed by atoms with E-state index < -0.39 is 10.3 Å². The minimum atomic E-state index is -1.78. The van der Waals surface area contributed by atoms with Crippen LogP contribution < -0.4 is 0 Å². The van der Waals surface area contributed by atoms with Crippen LogP contribution in [0.1, 0.15) is 26.2 Å². The Morgan fingerprint density at radius 3 is 3.00 bits per heavy atom. The number of carbonyl (C=O) groups excluding carboxylic acids is 1. The van der Waals surface area contributed by atoms with Gasteiger partial charge in [0.15, 0.2) is 0 Å². The van der Waals surface area contributed by atoms with E-state index in [0.717, 1.165) is 17.7 Å². The molecule has 3 nitrogen and oxygen atoms in total. The minimum Gasteiger partial charge on any atom is -0.466 e. The summed E-state index contributed by atoms with van der Waals surface area (Å²) in [6, 6.07) is 0. The van der Waals surface area contributed by atoms with E-state index in [2.05, 4.69) is 0 Å². The Labute approximate surface area is 91.3 Å². The molecule has 1 aliphatic heterocycles. The maximum absolute atomic E-state index is 11.3. The number of rotatable bonds is 4. The molecule has 1 saturated carbocycles. The molecule has 15 heavy (non-hydrogen) atoms. The molecule has 0 spiro atoms. The van der Waals surface area contributed by atoms with Crippen LogP contribution in [0.5, 0.6) is 0 Å². The van der Waals surface area contributed by atoms with Gasteiger partial charge in [-0.1, -0.05) is 22.5 Å². The van der Waals surface area contributed by atoms with Crippen molar-refractivity contribution in [1.29, 1.82) is 0 Å². The molecule has 1 atom stereocenters. The molecule has 0 aromatic heterocycles. The van der Waals surface area contributed by atoms with E-state index in [9.17, 15) is 9.35 Å². The summed E-state index contributed by atoms with van der Waals surface area (Å²) < 4.78 is 15.3. The van der Waals surface area contributed by atoms with Gasteiger partial charge in [0, 0.05) is 10.2 Å². The summed E-state index contributed by atoms with van der Waals surface area (Å²) in [5.74, 6) is -0.237. The zero-order valence-electron chi connectivity index (χ0n) is 8.81. The molecular formula is C11H16O3S. The van der Waals surface area contributed by atoms with Gasteiger partial charge in [-0.2, -0.15) is 0 Å². The lowest BCUT2D eigenvalue weighted by molar-refractivity contribution is -0.142. The highest BCUT2D eigenvalue weighted by molar-refractivity contribution is 8.35. The lowest BCUT2D eigenvalue weighted by atomic mass is 10.4. The van der Waals surface area contributed by atoms with Crippen molar-refractivity contribution in [3.63, 3.8) is 0 Å². The first-order valence-corrected chi connectivity index (χ1v) is 6.96. The quantitative estimate of drug-likeness (QED) is 0.753. The normalized spacial score (nSPS) is 33.3. The minimum absolute atomic E-state index is 0.237. The Balaban J connectivity index is 2.00. The van der Waals surface area contributed by atoms with Gasteiger partial charge in [0.25, 0.3) is 0 Å². The monoisotopic (exact) mass is 228 g/mol. The van der Waals surface area contributed by atoms with Crippen molar-refractivity contribution >= 4 is 16.3 Å². The summed E-state index contributed by atoms with van der Waals surface area (Å²) in [6.07, 6.45) is 6.13. The predicted octanol–water partition coefficient (Wildman–Crippen LogP) is 2.79. The number of carbonyl (C=O) groups is 1. The summed E-state index contributed by atoms with van der Waals surface area (Å²) in [6.45, 7) is 2.19. The van der Waals surface area contributed by atoms with Gasteiger partial charge in [-0.25, -0.2) is 0 Å². The van der Waals surface area contributed by atoms with Crippen LogP contribution in [0.15, 0.2) is 22.5 Å². The van der Waals surface area contributed by atoms with E-state index in [1.54, 1.807) is 6.92 Å². The molecule has 2 rings (SSSR count). The molecular weight excluding hydrogens is 212 g/mol. The first-order chi connectivity index (χ1) is 7.16. The number of esters is 1. The summed E-state index contributed by atoms with van der Waals surface area (Å²) in [7, 11) is -1.78. The SMILES string of the molecule is CCOC(=O)CC1=CC=CS1(O)C1CC1. The van der Waals surface area contributed by atoms with Crippen LogP contribution in [-0.4, -0.2) is 22.4 Å². The molecule has 1 N–H and O–H groups in total. The standard InChI is InChI=1S/C11H16O3S/c1-2-14-11(12)8-10-4-3-7-15(10,13)9-5-6-9/h3-4,7,9,13H,2,5-6,8H2,1H3. The Kier molecular flexibility index (Phi) is 2.89. The highest BCUT2D eigenvalue weighted by atomic mass is 32.3. The van der Waals surface area contributed by atoms with Gasteiger partial charge < -0.3 is 9.29 Å². The van der Waals surface area contributed by atoms with Crippen molar-refractivity contribution in [2.24, 2.45) is 0 Å². The molecule has 0 aromatic rings. The molecule has 0 bridgehead atoms. The summed E-state index contributed by atoms with van der Waals surface area (Å²) >= 11 is 0. The summed E-state index contributed by atoms with van der Waals surface area (Å²) in [5.41, 5.74) is 0. The highest BCUT2D eigenvalue weighted by Gasteiger charge is 2.42. The van der Waals surface area contributed by atoms with Crippen LogP contribution in [0.3, 0.4) is 0 Å². The van der Waals surface area contributed by atoms with Gasteiger partial charge in [0.2, 0.25) is 0 Å². The van der Waals surface area contributed by atoms with Crippen molar-refractivity contribution in [1.82, 2.24) is 0 Å². The lowest BCUT2D eigenvalue weighted by Gasteiger charge is -2.30. The second-order valence-corrected chi connectivity index (χ2v) is 6.63. The van der Waals surface area contributed by atoms with Gasteiger partial charge in [-0.3, -0.25) is 4.79 Å². The van der Waals surface area contributed by atoms with E-state index in [1.165, 1.54) is 0 Å². The maximum atomic E-state index is 11.3. The Morgan fingerprint density at radius 2 is 2.40 bits per heavy atom. The zero-order valence-corrected chi connectivity index (χ0v) is 9.63. The van der Waals surface area contributed by atoms with E-state index in [-0.39, 0.29) is 12.4 Å². The summed E-state index contributed by atoms with van der Waals surface area (Å²) in [5, 5.41) is 2.26. The fraction of sp³-hybridized carbons (Fsp3) is 0.545. The van der Waals surface area contributed by atoms with Crippen molar-refractivity contribution in [2.45, 2.75) is 31.4 Å². The largest absolute Gasteiger partial charge is 0.466 e. The Bertz CT molecular complexity index is 331. The molecule has 1 aliphatic carbocycles. The van der Waals surface area contributed by atoms with Crippen molar-refractivity contribution in [3.8, 4) is 0 Å². The van der Waals surface area contributed by atoms with Crippen LogP contribution in [0.25, 0.3) is 0 Å². The van der Waals surface area contributed by atoms with Gasteiger partial charge in [0.1, 0.15) is 0 Å². The van der Waals surface area contributed by atoms with Crippen molar-refractivity contribution in [3.05, 3.63) is 22.5 Å². The van der Waals surface area contributed by atoms with Crippen molar-refractivity contribution in [2.75, 3.05) is 6.61 Å². The molecule has 1 heterocycles. The lowest BCUT2D eigenvalue weighted by Crippen LogP contribution is -2.10. The predicted molar refractivity (Wildman–Crippen MR) is 61.7 cm³/mol. The van der Waals surface area contributed by atoms with Crippen molar-refractivity contribution < 1.29 is 14.1 Å². The van der Waals surface area contributed by atoms with Crippen LogP contribution in [0.2, 0.25) is 0 Å². The van der Waals surface area contributed by atoms with E-state index in [0.29, 0.717) is 11.9 Å². The average Bonchev–Trinajstić information content (AvgIpc) is 2.96. The van der Waals surface area contributed by atoms with Crippen LogP contribution in [-0.2, 0) is 9.53 Å².